The standard InChI is InChI=1S/C17H19N5O5S/c1-24-9-15-20-21-17(28-15)18-13(23)6-7-14-19-16(22-27-14)10-4-5-11(25-2)12(8-10)26-3/h4-5,8H,6-7,9H2,1-3H3,(H,18,21,23). The van der Waals surface area contributed by atoms with Crippen molar-refractivity contribution in [3.05, 3.63) is 29.1 Å². The van der Waals surface area contributed by atoms with Gasteiger partial charge in [-0.1, -0.05) is 16.5 Å². The number of aryl methyl sites for hydroxylation is 1. The van der Waals surface area contributed by atoms with E-state index in [1.54, 1.807) is 39.5 Å². The van der Waals surface area contributed by atoms with Crippen LogP contribution in [0.1, 0.15) is 17.3 Å². The molecule has 0 saturated carbocycles. The van der Waals surface area contributed by atoms with Crippen molar-refractivity contribution in [3.63, 3.8) is 0 Å². The fourth-order valence-corrected chi connectivity index (χ4v) is 3.07. The summed E-state index contributed by atoms with van der Waals surface area (Å²) in [5, 5.41) is 15.6. The molecule has 0 atom stereocenters. The number of hydrogen-bond donors (Lipinski definition) is 1. The molecular weight excluding hydrogens is 386 g/mol. The number of rotatable bonds is 9. The van der Waals surface area contributed by atoms with Crippen LogP contribution in [0.25, 0.3) is 11.4 Å². The Morgan fingerprint density at radius 2 is 2.00 bits per heavy atom. The molecule has 0 aliphatic rings. The molecule has 0 radical (unpaired) electrons. The van der Waals surface area contributed by atoms with Gasteiger partial charge in [0.25, 0.3) is 0 Å². The molecule has 10 nitrogen and oxygen atoms in total. The van der Waals surface area contributed by atoms with Gasteiger partial charge in [-0.05, 0) is 18.2 Å². The van der Waals surface area contributed by atoms with E-state index in [1.807, 2.05) is 0 Å². The van der Waals surface area contributed by atoms with Crippen LogP contribution in [-0.4, -0.2) is 47.6 Å². The molecule has 3 aromatic rings. The highest BCUT2D eigenvalue weighted by Gasteiger charge is 2.14. The third-order valence-corrected chi connectivity index (χ3v) is 4.47. The Labute approximate surface area is 164 Å². The van der Waals surface area contributed by atoms with Crippen molar-refractivity contribution < 1.29 is 23.5 Å². The second-order valence-electron chi connectivity index (χ2n) is 5.56. The second-order valence-corrected chi connectivity index (χ2v) is 6.63. The van der Waals surface area contributed by atoms with Crippen LogP contribution in [0.4, 0.5) is 5.13 Å². The molecule has 1 N–H and O–H groups in total. The second kappa shape index (κ2) is 9.24. The van der Waals surface area contributed by atoms with Gasteiger partial charge in [-0.3, -0.25) is 4.79 Å². The lowest BCUT2D eigenvalue weighted by Crippen LogP contribution is -2.12. The lowest BCUT2D eigenvalue weighted by Gasteiger charge is -2.07. The summed E-state index contributed by atoms with van der Waals surface area (Å²) in [6.07, 6.45) is 0.475. The number of hydrogen-bond acceptors (Lipinski definition) is 10. The lowest BCUT2D eigenvalue weighted by atomic mass is 10.2. The number of ether oxygens (including phenoxy) is 3. The summed E-state index contributed by atoms with van der Waals surface area (Å²) >= 11 is 1.26. The quantitative estimate of drug-likeness (QED) is 0.571. The van der Waals surface area contributed by atoms with Gasteiger partial charge in [0.15, 0.2) is 11.5 Å². The summed E-state index contributed by atoms with van der Waals surface area (Å²) in [6.45, 7) is 0.356. The molecule has 0 aliphatic heterocycles. The highest BCUT2D eigenvalue weighted by Crippen LogP contribution is 2.31. The van der Waals surface area contributed by atoms with Crippen molar-refractivity contribution in [2.75, 3.05) is 26.6 Å². The lowest BCUT2D eigenvalue weighted by molar-refractivity contribution is -0.116. The predicted molar refractivity (Wildman–Crippen MR) is 100 cm³/mol. The van der Waals surface area contributed by atoms with Crippen molar-refractivity contribution in [3.8, 4) is 22.9 Å². The summed E-state index contributed by atoms with van der Waals surface area (Å²) in [6, 6.07) is 5.32. The topological polar surface area (TPSA) is 121 Å². The molecule has 148 valence electrons. The van der Waals surface area contributed by atoms with Gasteiger partial charge in [-0.25, -0.2) is 0 Å². The minimum atomic E-state index is -0.217. The minimum absolute atomic E-state index is 0.173. The Morgan fingerprint density at radius 3 is 2.75 bits per heavy atom. The highest BCUT2D eigenvalue weighted by molar-refractivity contribution is 7.15. The van der Waals surface area contributed by atoms with Crippen LogP contribution in [0.15, 0.2) is 22.7 Å². The fourth-order valence-electron chi connectivity index (χ4n) is 2.34. The van der Waals surface area contributed by atoms with Gasteiger partial charge >= 0.3 is 0 Å². The van der Waals surface area contributed by atoms with Gasteiger partial charge in [-0.15, -0.1) is 10.2 Å². The maximum absolute atomic E-state index is 12.1. The number of amides is 1. The van der Waals surface area contributed by atoms with Gasteiger partial charge in [-0.2, -0.15) is 4.98 Å². The summed E-state index contributed by atoms with van der Waals surface area (Å²) < 4.78 is 20.7. The Morgan fingerprint density at radius 1 is 1.18 bits per heavy atom. The van der Waals surface area contributed by atoms with Crippen molar-refractivity contribution in [2.45, 2.75) is 19.4 Å². The first-order chi connectivity index (χ1) is 13.6. The number of aromatic nitrogens is 4. The summed E-state index contributed by atoms with van der Waals surface area (Å²) in [5.74, 6) is 1.72. The third-order valence-electron chi connectivity index (χ3n) is 3.66. The van der Waals surface area contributed by atoms with Crippen LogP contribution in [0.3, 0.4) is 0 Å². The van der Waals surface area contributed by atoms with Crippen molar-refractivity contribution >= 4 is 22.4 Å². The first-order valence-electron chi connectivity index (χ1n) is 8.29. The molecule has 0 aliphatic carbocycles. The van der Waals surface area contributed by atoms with Crippen LogP contribution in [0.5, 0.6) is 11.5 Å². The van der Waals surface area contributed by atoms with Crippen molar-refractivity contribution in [2.24, 2.45) is 0 Å². The Balaban J connectivity index is 1.57. The van der Waals surface area contributed by atoms with Crippen LogP contribution < -0.4 is 14.8 Å². The van der Waals surface area contributed by atoms with E-state index < -0.39 is 0 Å². The molecule has 11 heteroatoms. The van der Waals surface area contributed by atoms with E-state index in [0.717, 1.165) is 5.56 Å². The summed E-state index contributed by atoms with van der Waals surface area (Å²) in [4.78, 5) is 16.4. The number of benzene rings is 1. The highest BCUT2D eigenvalue weighted by atomic mass is 32.1. The molecule has 0 saturated heterocycles. The number of carbonyl (C=O) groups is 1. The van der Waals surface area contributed by atoms with Crippen molar-refractivity contribution in [1.29, 1.82) is 0 Å². The number of carbonyl (C=O) groups excluding carboxylic acids is 1. The maximum atomic E-state index is 12.1. The van der Waals surface area contributed by atoms with Crippen molar-refractivity contribution in [1.82, 2.24) is 20.3 Å². The van der Waals surface area contributed by atoms with Crippen LogP contribution in [-0.2, 0) is 22.6 Å². The molecule has 0 unspecified atom stereocenters. The summed E-state index contributed by atoms with van der Waals surface area (Å²) in [7, 11) is 4.69. The van der Waals surface area contributed by atoms with E-state index in [0.29, 0.717) is 46.4 Å². The molecule has 3 rings (SSSR count). The molecule has 28 heavy (non-hydrogen) atoms. The fraction of sp³-hybridized carbons (Fsp3) is 0.353. The average molecular weight is 405 g/mol. The first-order valence-corrected chi connectivity index (χ1v) is 9.10. The molecule has 0 bridgehead atoms. The molecule has 2 heterocycles. The first kappa shape index (κ1) is 19.7. The van der Waals surface area contributed by atoms with Gasteiger partial charge in [0.1, 0.15) is 11.6 Å². The van der Waals surface area contributed by atoms with Crippen LogP contribution >= 0.6 is 11.3 Å². The largest absolute Gasteiger partial charge is 0.493 e. The molecule has 1 aromatic carbocycles. The molecule has 2 aromatic heterocycles. The Kier molecular flexibility index (Phi) is 6.50. The Hall–Kier alpha value is -3.05. The Bertz CT molecular complexity index is 942. The summed E-state index contributed by atoms with van der Waals surface area (Å²) in [5.41, 5.74) is 0.719. The van der Waals surface area contributed by atoms with E-state index >= 15 is 0 Å². The van der Waals surface area contributed by atoms with E-state index in [4.69, 9.17) is 18.7 Å². The number of anilines is 1. The molecule has 0 spiro atoms. The normalized spacial score (nSPS) is 10.7. The smallest absolute Gasteiger partial charge is 0.227 e. The van der Waals surface area contributed by atoms with E-state index in [9.17, 15) is 4.79 Å². The SMILES string of the molecule is COCc1nnc(NC(=O)CCc2nc(-c3ccc(OC)c(OC)c3)no2)s1. The average Bonchev–Trinajstić information content (AvgIpc) is 3.36. The van der Waals surface area contributed by atoms with Gasteiger partial charge in [0.2, 0.25) is 22.8 Å². The minimum Gasteiger partial charge on any atom is -0.493 e. The maximum Gasteiger partial charge on any atom is 0.227 e. The molecular formula is C17H19N5O5S. The number of nitrogens with zero attached hydrogens (tertiary/aromatic N) is 4. The third kappa shape index (κ3) is 4.81. The van der Waals surface area contributed by atoms with Gasteiger partial charge < -0.3 is 24.1 Å². The zero-order valence-corrected chi connectivity index (χ0v) is 16.4. The van der Waals surface area contributed by atoms with E-state index in [1.165, 1.54) is 11.3 Å². The predicted octanol–water partition coefficient (Wildman–Crippen LogP) is 2.32. The molecule has 0 fully saturated rings. The van der Waals surface area contributed by atoms with Gasteiger partial charge in [0, 0.05) is 25.5 Å². The van der Waals surface area contributed by atoms with E-state index in [-0.39, 0.29) is 12.3 Å². The van der Waals surface area contributed by atoms with Crippen LogP contribution in [0, 0.1) is 0 Å². The van der Waals surface area contributed by atoms with Gasteiger partial charge in [0.05, 0.1) is 14.2 Å². The molecule has 1 amide bonds. The zero-order chi connectivity index (χ0) is 19.9. The zero-order valence-electron chi connectivity index (χ0n) is 15.6. The number of methoxy groups -OCH3 is 3. The number of nitrogens with one attached hydrogen (secondary N) is 1. The monoisotopic (exact) mass is 405 g/mol. The van der Waals surface area contributed by atoms with Crippen LogP contribution in [0.2, 0.25) is 0 Å². The van der Waals surface area contributed by atoms with E-state index in [2.05, 4.69) is 25.7 Å².